The van der Waals surface area contributed by atoms with Crippen LogP contribution in [0.25, 0.3) is 0 Å². The van der Waals surface area contributed by atoms with Crippen LogP contribution in [0.1, 0.15) is 25.0 Å². The summed E-state index contributed by atoms with van der Waals surface area (Å²) < 4.78 is 48.0. The van der Waals surface area contributed by atoms with Gasteiger partial charge in [-0.25, -0.2) is 0 Å². The van der Waals surface area contributed by atoms with Crippen molar-refractivity contribution in [2.45, 2.75) is 50.3 Å². The Kier molecular flexibility index (Phi) is 6.52. The van der Waals surface area contributed by atoms with Gasteiger partial charge in [0.25, 0.3) is 10.1 Å². The first kappa shape index (κ1) is 21.0. The summed E-state index contributed by atoms with van der Waals surface area (Å²) in [5.41, 5.74) is 2.00. The van der Waals surface area contributed by atoms with Gasteiger partial charge in [-0.2, -0.15) is 8.42 Å². The Morgan fingerprint density at radius 3 is 2.43 bits per heavy atom. The highest BCUT2D eigenvalue weighted by Gasteiger charge is 2.40. The SMILES string of the molecule is Cc1ccc(S(=O)(=O)O[C@@H]2COC(C)(C)O[C@H]2COCc2ccccc2)cc1. The number of aryl methyl sites for hydroxylation is 1. The van der Waals surface area contributed by atoms with Crippen LogP contribution in [0.2, 0.25) is 0 Å². The number of rotatable bonds is 7. The van der Waals surface area contributed by atoms with Crippen LogP contribution in [-0.4, -0.2) is 39.6 Å². The van der Waals surface area contributed by atoms with E-state index in [1.54, 1.807) is 26.0 Å². The normalized spacial score (nSPS) is 22.1. The van der Waals surface area contributed by atoms with Crippen LogP contribution in [0.4, 0.5) is 0 Å². The summed E-state index contributed by atoms with van der Waals surface area (Å²) in [5, 5.41) is 0. The van der Waals surface area contributed by atoms with Gasteiger partial charge >= 0.3 is 0 Å². The molecule has 1 fully saturated rings. The molecule has 28 heavy (non-hydrogen) atoms. The molecule has 2 aromatic carbocycles. The third-order valence-corrected chi connectivity index (χ3v) is 5.75. The Morgan fingerprint density at radius 1 is 1.07 bits per heavy atom. The fourth-order valence-corrected chi connectivity index (χ4v) is 3.97. The predicted molar refractivity (Wildman–Crippen MR) is 104 cm³/mol. The highest BCUT2D eigenvalue weighted by molar-refractivity contribution is 7.86. The minimum absolute atomic E-state index is 0.0947. The maximum Gasteiger partial charge on any atom is 0.297 e. The first-order valence-corrected chi connectivity index (χ1v) is 10.6. The van der Waals surface area contributed by atoms with Gasteiger partial charge < -0.3 is 14.2 Å². The zero-order valence-corrected chi connectivity index (χ0v) is 17.1. The minimum atomic E-state index is -3.94. The molecule has 0 amide bonds. The van der Waals surface area contributed by atoms with Crippen molar-refractivity contribution in [3.8, 4) is 0 Å². The van der Waals surface area contributed by atoms with E-state index in [2.05, 4.69) is 0 Å². The molecule has 7 heteroatoms. The summed E-state index contributed by atoms with van der Waals surface area (Å²) in [5.74, 6) is -0.839. The third kappa shape index (κ3) is 5.62. The molecular weight excluding hydrogens is 380 g/mol. The van der Waals surface area contributed by atoms with E-state index in [1.807, 2.05) is 37.3 Å². The monoisotopic (exact) mass is 406 g/mol. The molecule has 0 saturated carbocycles. The van der Waals surface area contributed by atoms with Crippen LogP contribution in [-0.2, 0) is 35.1 Å². The van der Waals surface area contributed by atoms with Crippen molar-refractivity contribution in [2.24, 2.45) is 0 Å². The summed E-state index contributed by atoms with van der Waals surface area (Å²) in [7, 11) is -3.94. The van der Waals surface area contributed by atoms with E-state index in [0.29, 0.717) is 6.61 Å². The van der Waals surface area contributed by atoms with Gasteiger partial charge in [-0.15, -0.1) is 0 Å². The van der Waals surface area contributed by atoms with Gasteiger partial charge in [-0.05, 0) is 38.5 Å². The highest BCUT2D eigenvalue weighted by Crippen LogP contribution is 2.27. The van der Waals surface area contributed by atoms with Gasteiger partial charge in [0.2, 0.25) is 0 Å². The Bertz CT molecular complexity index is 862. The maximum absolute atomic E-state index is 12.6. The second kappa shape index (κ2) is 8.71. The topological polar surface area (TPSA) is 71.1 Å². The molecule has 0 aliphatic carbocycles. The zero-order chi connectivity index (χ0) is 20.2. The van der Waals surface area contributed by atoms with E-state index in [4.69, 9.17) is 18.4 Å². The molecule has 0 N–H and O–H groups in total. The van der Waals surface area contributed by atoms with Gasteiger partial charge in [-0.1, -0.05) is 48.0 Å². The molecule has 0 unspecified atom stereocenters. The molecule has 1 aliphatic heterocycles. The molecule has 0 radical (unpaired) electrons. The van der Waals surface area contributed by atoms with Crippen LogP contribution in [0, 0.1) is 6.92 Å². The fourth-order valence-electron chi connectivity index (χ4n) is 2.89. The first-order valence-electron chi connectivity index (χ1n) is 9.19. The largest absolute Gasteiger partial charge is 0.374 e. The standard InChI is InChI=1S/C21H26O6S/c1-16-9-11-18(12-10-16)28(22,23)27-20-15-25-21(2,3)26-19(20)14-24-13-17-7-5-4-6-8-17/h4-12,19-20H,13-15H2,1-3H3/t19-,20+/m0/s1. The Balaban J connectivity index is 1.67. The van der Waals surface area contributed by atoms with Crippen molar-refractivity contribution < 1.29 is 26.8 Å². The van der Waals surface area contributed by atoms with Gasteiger partial charge in [-0.3, -0.25) is 4.18 Å². The number of hydrogen-bond acceptors (Lipinski definition) is 6. The van der Waals surface area contributed by atoms with Crippen molar-refractivity contribution in [1.29, 1.82) is 0 Å². The zero-order valence-electron chi connectivity index (χ0n) is 16.3. The summed E-state index contributed by atoms with van der Waals surface area (Å²) >= 11 is 0. The maximum atomic E-state index is 12.6. The highest BCUT2D eigenvalue weighted by atomic mass is 32.2. The molecule has 3 rings (SSSR count). The van der Waals surface area contributed by atoms with E-state index in [0.717, 1.165) is 11.1 Å². The predicted octanol–water partition coefficient (Wildman–Crippen LogP) is 3.44. The van der Waals surface area contributed by atoms with Gasteiger partial charge in [0, 0.05) is 0 Å². The van der Waals surface area contributed by atoms with E-state index in [9.17, 15) is 8.42 Å². The van der Waals surface area contributed by atoms with Crippen molar-refractivity contribution in [1.82, 2.24) is 0 Å². The third-order valence-electron chi connectivity index (χ3n) is 4.40. The van der Waals surface area contributed by atoms with Crippen molar-refractivity contribution in [3.63, 3.8) is 0 Å². The van der Waals surface area contributed by atoms with Gasteiger partial charge in [0.15, 0.2) is 5.79 Å². The fraction of sp³-hybridized carbons (Fsp3) is 0.429. The number of hydrogen-bond donors (Lipinski definition) is 0. The first-order chi connectivity index (χ1) is 13.3. The minimum Gasteiger partial charge on any atom is -0.374 e. The average molecular weight is 407 g/mol. The molecule has 1 saturated heterocycles. The number of benzene rings is 2. The lowest BCUT2D eigenvalue weighted by atomic mass is 10.2. The molecule has 0 aromatic heterocycles. The lowest BCUT2D eigenvalue weighted by Crippen LogP contribution is -2.52. The van der Waals surface area contributed by atoms with Crippen LogP contribution >= 0.6 is 0 Å². The Hall–Kier alpha value is -1.77. The molecule has 2 atom stereocenters. The lowest BCUT2D eigenvalue weighted by molar-refractivity contribution is -0.306. The van der Waals surface area contributed by atoms with Crippen LogP contribution in [0.3, 0.4) is 0 Å². The molecule has 1 heterocycles. The summed E-state index contributed by atoms with van der Waals surface area (Å²) in [6, 6.07) is 16.3. The van der Waals surface area contributed by atoms with E-state index >= 15 is 0 Å². The van der Waals surface area contributed by atoms with E-state index < -0.39 is 28.1 Å². The van der Waals surface area contributed by atoms with Gasteiger partial charge in [0.05, 0.1) is 24.7 Å². The molecule has 152 valence electrons. The second-order valence-electron chi connectivity index (χ2n) is 7.27. The lowest BCUT2D eigenvalue weighted by Gasteiger charge is -2.40. The summed E-state index contributed by atoms with van der Waals surface area (Å²) in [6.07, 6.45) is -1.37. The second-order valence-corrected chi connectivity index (χ2v) is 8.84. The summed E-state index contributed by atoms with van der Waals surface area (Å²) in [4.78, 5) is 0.104. The van der Waals surface area contributed by atoms with E-state index in [-0.39, 0.29) is 18.1 Å². The Morgan fingerprint density at radius 2 is 1.75 bits per heavy atom. The van der Waals surface area contributed by atoms with Gasteiger partial charge in [0.1, 0.15) is 12.2 Å². The molecular formula is C21H26O6S. The smallest absolute Gasteiger partial charge is 0.297 e. The molecule has 1 aliphatic rings. The van der Waals surface area contributed by atoms with E-state index in [1.165, 1.54) is 12.1 Å². The van der Waals surface area contributed by atoms with Crippen LogP contribution in [0.5, 0.6) is 0 Å². The van der Waals surface area contributed by atoms with Crippen LogP contribution in [0.15, 0.2) is 59.5 Å². The molecule has 0 spiro atoms. The number of ether oxygens (including phenoxy) is 3. The summed E-state index contributed by atoms with van der Waals surface area (Å²) in [6.45, 7) is 6.14. The van der Waals surface area contributed by atoms with Crippen LogP contribution < -0.4 is 0 Å². The van der Waals surface area contributed by atoms with Crippen molar-refractivity contribution in [2.75, 3.05) is 13.2 Å². The average Bonchev–Trinajstić information content (AvgIpc) is 2.65. The molecule has 2 aromatic rings. The molecule has 6 nitrogen and oxygen atoms in total. The quantitative estimate of drug-likeness (QED) is 0.656. The Labute approximate surface area is 166 Å². The van der Waals surface area contributed by atoms with Crippen molar-refractivity contribution >= 4 is 10.1 Å². The molecule has 0 bridgehead atoms. The van der Waals surface area contributed by atoms with Crippen molar-refractivity contribution in [3.05, 3.63) is 65.7 Å².